The molecular weight excluding hydrogens is 532 g/mol. The van der Waals surface area contributed by atoms with Crippen LogP contribution in [0.2, 0.25) is 0 Å². The maximum Gasteiger partial charge on any atom is 0.253 e. The third-order valence-corrected chi connectivity index (χ3v) is 7.75. The molecule has 1 atom stereocenters. The van der Waals surface area contributed by atoms with Gasteiger partial charge in [-0.25, -0.2) is 8.78 Å². The van der Waals surface area contributed by atoms with E-state index in [0.717, 1.165) is 43.1 Å². The lowest BCUT2D eigenvalue weighted by Gasteiger charge is -2.26. The summed E-state index contributed by atoms with van der Waals surface area (Å²) in [5, 5.41) is 6.88. The normalized spacial score (nSPS) is 16.7. The molecule has 41 heavy (non-hydrogen) atoms. The van der Waals surface area contributed by atoms with Crippen LogP contribution < -0.4 is 26.0 Å². The molecule has 2 aliphatic rings. The van der Waals surface area contributed by atoms with Crippen LogP contribution in [0.3, 0.4) is 0 Å². The Labute approximate surface area is 234 Å². The summed E-state index contributed by atoms with van der Waals surface area (Å²) in [5.41, 5.74) is 8.35. The van der Waals surface area contributed by atoms with Crippen LogP contribution in [-0.4, -0.2) is 60.0 Å². The highest BCUT2D eigenvalue weighted by Gasteiger charge is 2.35. The van der Waals surface area contributed by atoms with Gasteiger partial charge in [0.15, 0.2) is 0 Å². The molecule has 10 nitrogen and oxygen atoms in total. The number of primary amides is 1. The molecule has 0 aliphatic carbocycles. The van der Waals surface area contributed by atoms with Crippen LogP contribution in [0.15, 0.2) is 42.7 Å². The van der Waals surface area contributed by atoms with Gasteiger partial charge < -0.3 is 31.0 Å². The number of anilines is 5. The molecule has 4 aromatic rings. The molecule has 2 aliphatic heterocycles. The Hall–Kier alpha value is -4.71. The molecule has 2 amide bonds. The van der Waals surface area contributed by atoms with Crippen LogP contribution in [-0.2, 0) is 11.2 Å². The Bertz CT molecular complexity index is 1690. The molecule has 2 aromatic heterocycles. The largest absolute Gasteiger partial charge is 0.495 e. The van der Waals surface area contributed by atoms with Crippen LogP contribution in [0, 0.1) is 11.6 Å². The van der Waals surface area contributed by atoms with Gasteiger partial charge in [-0.1, -0.05) is 0 Å². The summed E-state index contributed by atoms with van der Waals surface area (Å²) < 4.78 is 34.0. The number of carbonyl (C=O) groups is 2. The van der Waals surface area contributed by atoms with Gasteiger partial charge in [-0.2, -0.15) is 0 Å². The van der Waals surface area contributed by atoms with Crippen molar-refractivity contribution in [3.8, 4) is 5.75 Å². The van der Waals surface area contributed by atoms with Crippen molar-refractivity contribution in [2.24, 2.45) is 5.73 Å². The standard InChI is InChI=1S/C29H29F2N7O3/c1-37-6-3-4-23(37)29(40)38-7-5-15-8-25(41-2)19(12-24(15)38)35-26-11-17-21(13-33-14-22(17)36-26)34-20-10-16(30)9-18(31)27(20)28(32)39/h8-14,23,34-36H,3-7H2,1-2H3,(H2,32,39)/t23-/m1/s1. The first kappa shape index (κ1) is 26.5. The smallest absolute Gasteiger partial charge is 0.253 e. The van der Waals surface area contributed by atoms with E-state index in [1.807, 2.05) is 24.1 Å². The topological polar surface area (TPSA) is 129 Å². The molecular formula is C29H29F2N7O3. The zero-order valence-corrected chi connectivity index (χ0v) is 22.6. The first-order valence-electron chi connectivity index (χ1n) is 13.3. The molecule has 12 heteroatoms. The van der Waals surface area contributed by atoms with Crippen LogP contribution in [0.5, 0.6) is 5.75 Å². The van der Waals surface area contributed by atoms with Crippen LogP contribution in [0.25, 0.3) is 10.9 Å². The van der Waals surface area contributed by atoms with E-state index in [4.69, 9.17) is 10.5 Å². The number of hydrogen-bond acceptors (Lipinski definition) is 7. The third-order valence-electron chi connectivity index (χ3n) is 7.75. The minimum absolute atomic E-state index is 0.108. The Morgan fingerprint density at radius 3 is 2.63 bits per heavy atom. The number of pyridine rings is 1. The summed E-state index contributed by atoms with van der Waals surface area (Å²) in [6.07, 6.45) is 5.69. The van der Waals surface area contributed by atoms with Gasteiger partial charge in [-0.3, -0.25) is 19.5 Å². The number of fused-ring (bicyclic) bond motifs is 2. The van der Waals surface area contributed by atoms with Gasteiger partial charge in [0.2, 0.25) is 5.91 Å². The maximum absolute atomic E-state index is 14.3. The number of rotatable bonds is 7. The SMILES string of the molecule is COc1cc2c(cc1Nc1cc3c(Nc4cc(F)cc(F)c4C(N)=O)cncc3[nH]1)N(C(=O)[C@H]1CCCN1C)CC2. The molecule has 0 radical (unpaired) electrons. The summed E-state index contributed by atoms with van der Waals surface area (Å²) in [6, 6.07) is 7.15. The van der Waals surface area contributed by atoms with Crippen molar-refractivity contribution in [2.75, 3.05) is 42.8 Å². The first-order chi connectivity index (χ1) is 19.7. The Morgan fingerprint density at radius 2 is 1.90 bits per heavy atom. The average Bonchev–Trinajstić information content (AvgIpc) is 3.65. The second-order valence-electron chi connectivity index (χ2n) is 10.3. The predicted molar refractivity (Wildman–Crippen MR) is 152 cm³/mol. The van der Waals surface area contributed by atoms with Crippen molar-refractivity contribution in [1.82, 2.24) is 14.9 Å². The van der Waals surface area contributed by atoms with Gasteiger partial charge in [0.1, 0.15) is 23.2 Å². The number of halogens is 2. The highest BCUT2D eigenvalue weighted by atomic mass is 19.1. The monoisotopic (exact) mass is 561 g/mol. The number of ether oxygens (including phenoxy) is 1. The van der Waals surface area contributed by atoms with E-state index in [0.29, 0.717) is 46.5 Å². The molecule has 1 saturated heterocycles. The minimum Gasteiger partial charge on any atom is -0.495 e. The van der Waals surface area contributed by atoms with Crippen molar-refractivity contribution in [1.29, 1.82) is 0 Å². The Kier molecular flexibility index (Phi) is 6.70. The van der Waals surface area contributed by atoms with Gasteiger partial charge in [-0.05, 0) is 62.7 Å². The van der Waals surface area contributed by atoms with E-state index in [-0.39, 0.29) is 17.6 Å². The average molecular weight is 562 g/mol. The molecule has 212 valence electrons. The summed E-state index contributed by atoms with van der Waals surface area (Å²) >= 11 is 0. The number of H-pyrrole nitrogens is 1. The number of likely N-dealkylation sites (tertiary alicyclic amines) is 1. The number of likely N-dealkylation sites (N-methyl/N-ethyl adjacent to an activating group) is 1. The molecule has 2 aromatic carbocycles. The lowest BCUT2D eigenvalue weighted by molar-refractivity contribution is -0.122. The van der Waals surface area contributed by atoms with E-state index in [9.17, 15) is 18.4 Å². The number of carbonyl (C=O) groups excluding carboxylic acids is 2. The summed E-state index contributed by atoms with van der Waals surface area (Å²) in [5.74, 6) is -1.64. The predicted octanol–water partition coefficient (Wildman–Crippen LogP) is 4.42. The van der Waals surface area contributed by atoms with E-state index in [1.54, 1.807) is 19.4 Å². The van der Waals surface area contributed by atoms with Crippen LogP contribution in [0.1, 0.15) is 28.8 Å². The second kappa shape index (κ2) is 10.4. The van der Waals surface area contributed by atoms with Crippen molar-refractivity contribution >= 4 is 51.3 Å². The van der Waals surface area contributed by atoms with E-state index >= 15 is 0 Å². The van der Waals surface area contributed by atoms with Gasteiger partial charge in [-0.15, -0.1) is 0 Å². The number of methoxy groups -OCH3 is 1. The van der Waals surface area contributed by atoms with Crippen molar-refractivity contribution in [3.63, 3.8) is 0 Å². The van der Waals surface area contributed by atoms with Gasteiger partial charge in [0, 0.05) is 23.7 Å². The van der Waals surface area contributed by atoms with Crippen molar-refractivity contribution < 1.29 is 23.1 Å². The van der Waals surface area contributed by atoms with Crippen LogP contribution >= 0.6 is 0 Å². The lowest BCUT2D eigenvalue weighted by Crippen LogP contribution is -2.43. The van der Waals surface area contributed by atoms with E-state index in [1.165, 1.54) is 6.20 Å². The van der Waals surface area contributed by atoms with Crippen LogP contribution in [0.4, 0.5) is 37.3 Å². The number of aromatic nitrogens is 2. The molecule has 0 unspecified atom stereocenters. The lowest BCUT2D eigenvalue weighted by atomic mass is 10.1. The third kappa shape index (κ3) is 4.80. The maximum atomic E-state index is 14.3. The molecule has 4 heterocycles. The fraction of sp³-hybridized carbons (Fsp3) is 0.276. The molecule has 6 rings (SSSR count). The molecule has 1 fully saturated rings. The van der Waals surface area contributed by atoms with Gasteiger partial charge in [0.25, 0.3) is 5.91 Å². The fourth-order valence-electron chi connectivity index (χ4n) is 5.74. The van der Waals surface area contributed by atoms with Crippen molar-refractivity contribution in [2.45, 2.75) is 25.3 Å². The summed E-state index contributed by atoms with van der Waals surface area (Å²) in [4.78, 5) is 36.7. The number of benzene rings is 2. The van der Waals surface area contributed by atoms with E-state index in [2.05, 4.69) is 25.5 Å². The van der Waals surface area contributed by atoms with Crippen molar-refractivity contribution in [3.05, 3.63) is 65.5 Å². The molecule has 0 saturated carbocycles. The van der Waals surface area contributed by atoms with Gasteiger partial charge >= 0.3 is 0 Å². The summed E-state index contributed by atoms with van der Waals surface area (Å²) in [7, 11) is 3.57. The number of aromatic amines is 1. The molecule has 5 N–H and O–H groups in total. The number of nitrogens with one attached hydrogen (secondary N) is 3. The highest BCUT2D eigenvalue weighted by Crippen LogP contribution is 2.40. The Balaban J connectivity index is 1.32. The zero-order chi connectivity index (χ0) is 28.8. The Morgan fingerprint density at radius 1 is 1.07 bits per heavy atom. The molecule has 0 spiro atoms. The molecule has 0 bridgehead atoms. The number of hydrogen-bond donors (Lipinski definition) is 4. The first-order valence-corrected chi connectivity index (χ1v) is 13.3. The van der Waals surface area contributed by atoms with E-state index < -0.39 is 23.1 Å². The second-order valence-corrected chi connectivity index (χ2v) is 10.3. The quantitative estimate of drug-likeness (QED) is 0.263. The highest BCUT2D eigenvalue weighted by molar-refractivity contribution is 6.03. The number of nitrogens with zero attached hydrogens (tertiary/aromatic N) is 3. The summed E-state index contributed by atoms with van der Waals surface area (Å²) in [6.45, 7) is 1.53. The fourth-order valence-corrected chi connectivity index (χ4v) is 5.74. The number of nitrogens with two attached hydrogens (primary N) is 1. The number of amides is 2. The minimum atomic E-state index is -1.06. The van der Waals surface area contributed by atoms with Gasteiger partial charge in [0.05, 0.1) is 53.7 Å². The zero-order valence-electron chi connectivity index (χ0n) is 22.6.